The molecule has 0 spiro atoms. The van der Waals surface area contributed by atoms with Gasteiger partial charge in [0.05, 0.1) is 5.60 Å². The van der Waals surface area contributed by atoms with E-state index < -0.39 is 5.60 Å². The first kappa shape index (κ1) is 13.8. The highest BCUT2D eigenvalue weighted by molar-refractivity contribution is 8.00. The normalized spacial score (nSPS) is 28.7. The maximum absolute atomic E-state index is 10.5. The van der Waals surface area contributed by atoms with Crippen molar-refractivity contribution in [1.29, 1.82) is 0 Å². The van der Waals surface area contributed by atoms with Crippen LogP contribution in [0.1, 0.15) is 38.3 Å². The van der Waals surface area contributed by atoms with Gasteiger partial charge in [-0.2, -0.15) is 11.8 Å². The molecule has 1 fully saturated rings. The number of aromatic nitrogens is 1. The van der Waals surface area contributed by atoms with Gasteiger partial charge in [0.1, 0.15) is 0 Å². The van der Waals surface area contributed by atoms with E-state index >= 15 is 0 Å². The fraction of sp³-hybridized carbons (Fsp3) is 0.643. The van der Waals surface area contributed by atoms with E-state index in [4.69, 9.17) is 0 Å². The molecule has 3 atom stereocenters. The van der Waals surface area contributed by atoms with Gasteiger partial charge in [-0.3, -0.25) is 4.98 Å². The number of pyridine rings is 1. The molecule has 0 unspecified atom stereocenters. The molecule has 18 heavy (non-hydrogen) atoms. The van der Waals surface area contributed by atoms with Crippen molar-refractivity contribution >= 4 is 11.8 Å². The summed E-state index contributed by atoms with van der Waals surface area (Å²) in [5.74, 6) is 1.07. The number of rotatable bonds is 6. The lowest BCUT2D eigenvalue weighted by atomic mass is 9.79. The van der Waals surface area contributed by atoms with Crippen molar-refractivity contribution in [1.82, 2.24) is 10.3 Å². The molecule has 1 aromatic heterocycles. The quantitative estimate of drug-likeness (QED) is 0.830. The summed E-state index contributed by atoms with van der Waals surface area (Å²) in [4.78, 5) is 4.12. The van der Waals surface area contributed by atoms with Crippen LogP contribution in [0.5, 0.6) is 0 Å². The van der Waals surface area contributed by atoms with Gasteiger partial charge in [0, 0.05) is 30.2 Å². The lowest BCUT2D eigenvalue weighted by Gasteiger charge is -2.45. The Balaban J connectivity index is 1.84. The summed E-state index contributed by atoms with van der Waals surface area (Å²) >= 11 is 1.87. The molecule has 4 heteroatoms. The fourth-order valence-electron chi connectivity index (χ4n) is 2.32. The fourth-order valence-corrected chi connectivity index (χ4v) is 3.52. The predicted molar refractivity (Wildman–Crippen MR) is 76.8 cm³/mol. The summed E-state index contributed by atoms with van der Waals surface area (Å²) in [6.45, 7) is 4.93. The van der Waals surface area contributed by atoms with Crippen LogP contribution in [0.15, 0.2) is 24.5 Å². The minimum absolute atomic E-state index is 0.232. The zero-order valence-corrected chi connectivity index (χ0v) is 11.9. The molecule has 1 heterocycles. The topological polar surface area (TPSA) is 45.1 Å². The molecule has 0 saturated heterocycles. The minimum atomic E-state index is -0.517. The van der Waals surface area contributed by atoms with E-state index in [1.165, 1.54) is 5.56 Å². The highest BCUT2D eigenvalue weighted by Gasteiger charge is 2.44. The van der Waals surface area contributed by atoms with Gasteiger partial charge in [-0.15, -0.1) is 0 Å². The molecule has 2 rings (SSSR count). The smallest absolute Gasteiger partial charge is 0.0890 e. The van der Waals surface area contributed by atoms with Crippen LogP contribution in [0.25, 0.3) is 0 Å². The molecule has 3 nitrogen and oxygen atoms in total. The lowest BCUT2D eigenvalue weighted by molar-refractivity contribution is -0.0249. The van der Waals surface area contributed by atoms with Crippen molar-refractivity contribution in [3.05, 3.63) is 30.1 Å². The first-order valence-electron chi connectivity index (χ1n) is 6.63. The molecule has 0 aromatic carbocycles. The zero-order chi connectivity index (χ0) is 13.0. The molecule has 1 aromatic rings. The minimum Gasteiger partial charge on any atom is -0.387 e. The molecular formula is C14H22N2OS. The van der Waals surface area contributed by atoms with Crippen molar-refractivity contribution < 1.29 is 5.11 Å². The van der Waals surface area contributed by atoms with E-state index in [1.807, 2.05) is 24.0 Å². The third-order valence-corrected chi connectivity index (χ3v) is 5.12. The second-order valence-corrected chi connectivity index (χ2v) is 6.45. The highest BCUT2D eigenvalue weighted by Crippen LogP contribution is 2.40. The Labute approximate surface area is 113 Å². The van der Waals surface area contributed by atoms with E-state index in [9.17, 15) is 5.11 Å². The van der Waals surface area contributed by atoms with Crippen molar-refractivity contribution in [2.75, 3.05) is 12.3 Å². The SMILES string of the molecule is CCS[C@@H]1CC[C@]1(O)CN[C@@H](C)c1cccnc1. The van der Waals surface area contributed by atoms with Gasteiger partial charge in [-0.25, -0.2) is 0 Å². The summed E-state index contributed by atoms with van der Waals surface area (Å²) < 4.78 is 0. The Morgan fingerprint density at radius 2 is 2.50 bits per heavy atom. The summed E-state index contributed by atoms with van der Waals surface area (Å²) in [6, 6.07) is 4.24. The van der Waals surface area contributed by atoms with Crippen LogP contribution in [-0.2, 0) is 0 Å². The van der Waals surface area contributed by atoms with Crippen molar-refractivity contribution in [2.45, 2.75) is 43.6 Å². The van der Waals surface area contributed by atoms with Gasteiger partial charge in [0.2, 0.25) is 0 Å². The van der Waals surface area contributed by atoms with Crippen LogP contribution >= 0.6 is 11.8 Å². The number of nitrogens with zero attached hydrogens (tertiary/aromatic N) is 1. The van der Waals surface area contributed by atoms with Crippen molar-refractivity contribution in [2.24, 2.45) is 0 Å². The first-order valence-corrected chi connectivity index (χ1v) is 7.68. The Morgan fingerprint density at radius 1 is 1.67 bits per heavy atom. The number of nitrogens with one attached hydrogen (secondary N) is 1. The molecule has 0 bridgehead atoms. The average Bonchev–Trinajstić information content (AvgIpc) is 2.41. The first-order chi connectivity index (χ1) is 8.65. The molecule has 0 amide bonds. The number of hydrogen-bond acceptors (Lipinski definition) is 4. The molecule has 1 aliphatic rings. The van der Waals surface area contributed by atoms with E-state index in [0.29, 0.717) is 11.8 Å². The van der Waals surface area contributed by atoms with Crippen molar-refractivity contribution in [3.8, 4) is 0 Å². The molecule has 0 aliphatic heterocycles. The predicted octanol–water partition coefficient (Wildman–Crippen LogP) is 2.38. The summed E-state index contributed by atoms with van der Waals surface area (Å²) in [7, 11) is 0. The van der Waals surface area contributed by atoms with Gasteiger partial charge >= 0.3 is 0 Å². The lowest BCUT2D eigenvalue weighted by Crippen LogP contribution is -2.56. The van der Waals surface area contributed by atoms with Crippen LogP contribution < -0.4 is 5.32 Å². The Morgan fingerprint density at radius 3 is 3.06 bits per heavy atom. The Hall–Kier alpha value is -0.580. The Bertz CT molecular complexity index is 373. The summed E-state index contributed by atoms with van der Waals surface area (Å²) in [5, 5.41) is 14.3. The summed E-state index contributed by atoms with van der Waals surface area (Å²) in [5.41, 5.74) is 0.650. The van der Waals surface area contributed by atoms with Gasteiger partial charge in [-0.05, 0) is 37.1 Å². The zero-order valence-electron chi connectivity index (χ0n) is 11.1. The third-order valence-electron chi connectivity index (χ3n) is 3.71. The molecule has 0 radical (unpaired) electrons. The third kappa shape index (κ3) is 3.05. The molecular weight excluding hydrogens is 244 g/mol. The second-order valence-electron chi connectivity index (χ2n) is 4.98. The standard InChI is InChI=1S/C14H22N2OS/c1-3-18-13-6-7-14(13,17)10-16-11(2)12-5-4-8-15-9-12/h4-5,8-9,11,13,16-17H,3,6-7,10H2,1-2H3/t11-,13+,14-/m0/s1. The molecule has 1 saturated carbocycles. The van der Waals surface area contributed by atoms with Crippen LogP contribution in [0.2, 0.25) is 0 Å². The van der Waals surface area contributed by atoms with Gasteiger partial charge in [-0.1, -0.05) is 13.0 Å². The van der Waals surface area contributed by atoms with Crippen LogP contribution in [0.4, 0.5) is 0 Å². The monoisotopic (exact) mass is 266 g/mol. The van der Waals surface area contributed by atoms with Crippen molar-refractivity contribution in [3.63, 3.8) is 0 Å². The number of aliphatic hydroxyl groups is 1. The largest absolute Gasteiger partial charge is 0.387 e. The van der Waals surface area contributed by atoms with E-state index in [1.54, 1.807) is 6.20 Å². The Kier molecular flexibility index (Phi) is 4.65. The highest BCUT2D eigenvalue weighted by atomic mass is 32.2. The molecule has 100 valence electrons. The number of hydrogen-bond donors (Lipinski definition) is 2. The van der Waals surface area contributed by atoms with Crippen LogP contribution in [0.3, 0.4) is 0 Å². The van der Waals surface area contributed by atoms with Gasteiger partial charge < -0.3 is 10.4 Å². The maximum atomic E-state index is 10.5. The van der Waals surface area contributed by atoms with E-state index in [2.05, 4.69) is 30.2 Å². The second kappa shape index (κ2) is 6.04. The van der Waals surface area contributed by atoms with E-state index in [-0.39, 0.29) is 6.04 Å². The molecule has 1 aliphatic carbocycles. The van der Waals surface area contributed by atoms with Crippen LogP contribution in [0, 0.1) is 0 Å². The van der Waals surface area contributed by atoms with E-state index in [0.717, 1.165) is 18.6 Å². The van der Waals surface area contributed by atoms with Gasteiger partial charge in [0.15, 0.2) is 0 Å². The summed E-state index contributed by atoms with van der Waals surface area (Å²) in [6.07, 6.45) is 5.71. The molecule has 2 N–H and O–H groups in total. The van der Waals surface area contributed by atoms with Crippen LogP contribution in [-0.4, -0.2) is 33.2 Å². The number of thioether (sulfide) groups is 1. The van der Waals surface area contributed by atoms with Gasteiger partial charge in [0.25, 0.3) is 0 Å². The maximum Gasteiger partial charge on any atom is 0.0890 e. The average molecular weight is 266 g/mol.